The molecule has 0 bridgehead atoms. The Morgan fingerprint density at radius 3 is 2.71 bits per heavy atom. The molecule has 0 atom stereocenters. The molecule has 21 heavy (non-hydrogen) atoms. The number of benzene rings is 1. The summed E-state index contributed by atoms with van der Waals surface area (Å²) < 4.78 is 0. The van der Waals surface area contributed by atoms with Gasteiger partial charge in [0.05, 0.1) is 17.8 Å². The Kier molecular flexibility index (Phi) is 3.87. The van der Waals surface area contributed by atoms with E-state index in [9.17, 15) is 0 Å². The highest BCUT2D eigenvalue weighted by Gasteiger charge is 2.05. The van der Waals surface area contributed by atoms with Crippen LogP contribution in [0.25, 0.3) is 17.0 Å². The van der Waals surface area contributed by atoms with Gasteiger partial charge in [0.2, 0.25) is 0 Å². The third kappa shape index (κ3) is 3.05. The quantitative estimate of drug-likeness (QED) is 0.790. The number of nitrogens with one attached hydrogen (secondary N) is 1. The maximum atomic E-state index is 4.57. The van der Waals surface area contributed by atoms with Gasteiger partial charge in [-0.25, -0.2) is 9.97 Å². The number of hydrogen-bond acceptors (Lipinski definition) is 4. The molecule has 3 rings (SSSR count). The molecule has 0 aliphatic heterocycles. The Morgan fingerprint density at radius 1 is 1.05 bits per heavy atom. The zero-order valence-corrected chi connectivity index (χ0v) is 11.8. The molecule has 0 saturated carbocycles. The van der Waals surface area contributed by atoms with Gasteiger partial charge in [-0.3, -0.25) is 4.98 Å². The lowest BCUT2D eigenvalue weighted by Crippen LogP contribution is -2.05. The van der Waals surface area contributed by atoms with Crippen molar-refractivity contribution in [3.05, 3.63) is 66.3 Å². The molecule has 4 nitrogen and oxygen atoms in total. The summed E-state index contributed by atoms with van der Waals surface area (Å²) in [6.07, 6.45) is 5.63. The van der Waals surface area contributed by atoms with Crippen LogP contribution in [0.2, 0.25) is 0 Å². The number of para-hydroxylation sites is 1. The molecule has 1 aromatic carbocycles. The number of pyridine rings is 1. The largest absolute Gasteiger partial charge is 0.364 e. The zero-order valence-electron chi connectivity index (χ0n) is 11.8. The Balaban J connectivity index is 1.96. The van der Waals surface area contributed by atoms with Gasteiger partial charge in [0.25, 0.3) is 0 Å². The van der Waals surface area contributed by atoms with Crippen LogP contribution in [0.3, 0.4) is 0 Å². The predicted octanol–water partition coefficient (Wildman–Crippen LogP) is 3.67. The predicted molar refractivity (Wildman–Crippen MR) is 85.8 cm³/mol. The molecule has 0 saturated heterocycles. The molecule has 0 fully saturated rings. The fraction of sp³-hybridized carbons (Fsp3) is 0.118. The zero-order chi connectivity index (χ0) is 14.5. The van der Waals surface area contributed by atoms with Crippen LogP contribution < -0.4 is 5.32 Å². The summed E-state index contributed by atoms with van der Waals surface area (Å²) >= 11 is 0. The highest BCUT2D eigenvalue weighted by atomic mass is 15.0. The van der Waals surface area contributed by atoms with Gasteiger partial charge in [0.15, 0.2) is 5.82 Å². The van der Waals surface area contributed by atoms with Crippen molar-refractivity contribution in [2.75, 3.05) is 5.32 Å². The van der Waals surface area contributed by atoms with Crippen LogP contribution in [-0.4, -0.2) is 15.0 Å². The monoisotopic (exact) mass is 276 g/mol. The first kappa shape index (κ1) is 13.2. The molecule has 0 amide bonds. The topological polar surface area (TPSA) is 50.7 Å². The van der Waals surface area contributed by atoms with Crippen LogP contribution in [0.5, 0.6) is 0 Å². The van der Waals surface area contributed by atoms with E-state index in [0.717, 1.165) is 22.4 Å². The summed E-state index contributed by atoms with van der Waals surface area (Å²) in [4.78, 5) is 13.4. The molecule has 4 heteroatoms. The molecule has 0 unspecified atom stereocenters. The summed E-state index contributed by atoms with van der Waals surface area (Å²) in [7, 11) is 0. The first-order valence-electron chi connectivity index (χ1n) is 6.90. The summed E-state index contributed by atoms with van der Waals surface area (Å²) in [5, 5.41) is 4.37. The van der Waals surface area contributed by atoms with E-state index >= 15 is 0 Å². The summed E-state index contributed by atoms with van der Waals surface area (Å²) in [6.45, 7) is 2.59. The number of allylic oxidation sites excluding steroid dienone is 1. The molecule has 0 aliphatic rings. The lowest BCUT2D eigenvalue weighted by Gasteiger charge is -2.09. The maximum absolute atomic E-state index is 4.57. The standard InChI is InChI=1S/C17H16N4/c1-2-7-16-20-15-10-4-3-9-14(15)17(21-16)19-12-13-8-5-6-11-18-13/h2-11H,12H2,1H3,(H,19,20,21). The van der Waals surface area contributed by atoms with E-state index < -0.39 is 0 Å². The molecule has 0 aliphatic carbocycles. The third-order valence-electron chi connectivity index (χ3n) is 3.10. The van der Waals surface area contributed by atoms with Crippen LogP contribution >= 0.6 is 0 Å². The highest BCUT2D eigenvalue weighted by molar-refractivity contribution is 5.89. The van der Waals surface area contributed by atoms with Crippen LogP contribution in [0.15, 0.2) is 54.7 Å². The van der Waals surface area contributed by atoms with E-state index in [1.165, 1.54) is 0 Å². The second-order valence-electron chi connectivity index (χ2n) is 4.62. The van der Waals surface area contributed by atoms with Gasteiger partial charge in [-0.15, -0.1) is 0 Å². The second kappa shape index (κ2) is 6.13. The summed E-state index contributed by atoms with van der Waals surface area (Å²) in [6, 6.07) is 13.9. The number of rotatable bonds is 4. The van der Waals surface area contributed by atoms with Crippen molar-refractivity contribution in [3.8, 4) is 0 Å². The van der Waals surface area contributed by atoms with Gasteiger partial charge in [0.1, 0.15) is 5.82 Å². The SMILES string of the molecule is CC=Cc1nc(NCc2ccccn2)c2ccccc2n1. The lowest BCUT2D eigenvalue weighted by molar-refractivity contribution is 1.03. The molecule has 0 spiro atoms. The molecule has 1 N–H and O–H groups in total. The van der Waals surface area contributed by atoms with Gasteiger partial charge >= 0.3 is 0 Å². The van der Waals surface area contributed by atoms with Crippen molar-refractivity contribution in [2.45, 2.75) is 13.5 Å². The van der Waals surface area contributed by atoms with Gasteiger partial charge < -0.3 is 5.32 Å². The third-order valence-corrected chi connectivity index (χ3v) is 3.10. The Morgan fingerprint density at radius 2 is 1.90 bits per heavy atom. The molecule has 0 radical (unpaired) electrons. The minimum atomic E-state index is 0.636. The van der Waals surface area contributed by atoms with Crippen LogP contribution in [0.1, 0.15) is 18.4 Å². The van der Waals surface area contributed by atoms with Gasteiger partial charge in [-0.1, -0.05) is 24.3 Å². The van der Waals surface area contributed by atoms with Crippen molar-refractivity contribution < 1.29 is 0 Å². The molecular weight excluding hydrogens is 260 g/mol. The van der Waals surface area contributed by atoms with Crippen molar-refractivity contribution in [2.24, 2.45) is 0 Å². The van der Waals surface area contributed by atoms with E-state index in [2.05, 4.69) is 20.3 Å². The smallest absolute Gasteiger partial charge is 0.154 e. The fourth-order valence-electron chi connectivity index (χ4n) is 2.13. The molecular formula is C17H16N4. The average molecular weight is 276 g/mol. The van der Waals surface area contributed by atoms with E-state index in [-0.39, 0.29) is 0 Å². The van der Waals surface area contributed by atoms with Gasteiger partial charge in [-0.05, 0) is 37.3 Å². The number of fused-ring (bicyclic) bond motifs is 1. The molecule has 2 heterocycles. The van der Waals surface area contributed by atoms with Gasteiger partial charge in [-0.2, -0.15) is 0 Å². The first-order chi connectivity index (χ1) is 10.4. The first-order valence-corrected chi connectivity index (χ1v) is 6.90. The van der Waals surface area contributed by atoms with Crippen molar-refractivity contribution in [1.29, 1.82) is 0 Å². The average Bonchev–Trinajstić information content (AvgIpc) is 2.54. The lowest BCUT2D eigenvalue weighted by atomic mass is 10.2. The Labute approximate surface area is 123 Å². The van der Waals surface area contributed by atoms with Crippen LogP contribution in [0.4, 0.5) is 5.82 Å². The molecule has 2 aromatic heterocycles. The van der Waals surface area contributed by atoms with Crippen molar-refractivity contribution >= 4 is 22.8 Å². The van der Waals surface area contributed by atoms with Crippen molar-refractivity contribution in [1.82, 2.24) is 15.0 Å². The normalized spacial score (nSPS) is 11.1. The van der Waals surface area contributed by atoms with Crippen LogP contribution in [0, 0.1) is 0 Å². The van der Waals surface area contributed by atoms with Crippen molar-refractivity contribution in [3.63, 3.8) is 0 Å². The molecule has 3 aromatic rings. The fourth-order valence-corrected chi connectivity index (χ4v) is 2.13. The van der Waals surface area contributed by atoms with E-state index in [0.29, 0.717) is 12.4 Å². The minimum absolute atomic E-state index is 0.636. The number of aromatic nitrogens is 3. The number of nitrogens with zero attached hydrogens (tertiary/aromatic N) is 3. The maximum Gasteiger partial charge on any atom is 0.154 e. The highest BCUT2D eigenvalue weighted by Crippen LogP contribution is 2.21. The van der Waals surface area contributed by atoms with Gasteiger partial charge in [0, 0.05) is 11.6 Å². The van der Waals surface area contributed by atoms with Crippen LogP contribution in [-0.2, 0) is 6.54 Å². The van der Waals surface area contributed by atoms with E-state index in [4.69, 9.17) is 0 Å². The Hall–Kier alpha value is -2.75. The number of hydrogen-bond donors (Lipinski definition) is 1. The molecule has 104 valence electrons. The Bertz CT molecular complexity index is 766. The minimum Gasteiger partial charge on any atom is -0.364 e. The second-order valence-corrected chi connectivity index (χ2v) is 4.62. The summed E-state index contributed by atoms with van der Waals surface area (Å²) in [5.41, 5.74) is 1.91. The van der Waals surface area contributed by atoms with E-state index in [1.54, 1.807) is 6.20 Å². The summed E-state index contributed by atoms with van der Waals surface area (Å²) in [5.74, 6) is 1.54. The van der Waals surface area contributed by atoms with E-state index in [1.807, 2.05) is 61.5 Å². The number of anilines is 1.